The Kier molecular flexibility index (Phi) is 4.76. The Morgan fingerprint density at radius 1 is 1.42 bits per heavy atom. The first-order valence-electron chi connectivity index (χ1n) is 6.17. The van der Waals surface area contributed by atoms with Gasteiger partial charge in [-0.15, -0.1) is 0 Å². The van der Waals surface area contributed by atoms with Gasteiger partial charge in [0, 0.05) is 13.2 Å². The smallest absolute Gasteiger partial charge is 0.215 e. The molecular formula is C12H18N2O4S. The van der Waals surface area contributed by atoms with Crippen molar-refractivity contribution >= 4 is 15.7 Å². The average Bonchev–Trinajstić information content (AvgIpc) is 2.89. The Morgan fingerprint density at radius 3 is 2.95 bits per heavy atom. The second-order valence-electron chi connectivity index (χ2n) is 4.55. The minimum atomic E-state index is -3.39. The van der Waals surface area contributed by atoms with Gasteiger partial charge in [-0.1, -0.05) is 12.1 Å². The van der Waals surface area contributed by atoms with Crippen LogP contribution in [-0.4, -0.2) is 32.9 Å². The zero-order valence-electron chi connectivity index (χ0n) is 10.5. The van der Waals surface area contributed by atoms with Crippen LogP contribution >= 0.6 is 0 Å². The van der Waals surface area contributed by atoms with Gasteiger partial charge in [0.05, 0.1) is 17.5 Å². The molecule has 0 saturated carbocycles. The summed E-state index contributed by atoms with van der Waals surface area (Å²) in [6.07, 6.45) is 1.86. The van der Waals surface area contributed by atoms with Crippen LogP contribution in [-0.2, 0) is 20.5 Å². The highest BCUT2D eigenvalue weighted by Gasteiger charge is 2.19. The van der Waals surface area contributed by atoms with Crippen molar-refractivity contribution in [2.24, 2.45) is 0 Å². The molecule has 0 radical (unpaired) electrons. The molecule has 1 aromatic carbocycles. The number of hydrogen-bond donors (Lipinski definition) is 3. The molecule has 1 saturated heterocycles. The number of rotatable bonds is 6. The van der Waals surface area contributed by atoms with Crippen LogP contribution in [0.3, 0.4) is 0 Å². The first-order chi connectivity index (χ1) is 9.09. The van der Waals surface area contributed by atoms with Crippen LogP contribution in [0.2, 0.25) is 0 Å². The van der Waals surface area contributed by atoms with Crippen LogP contribution in [0.1, 0.15) is 18.4 Å². The number of nitrogens with one attached hydrogen (secondary N) is 2. The molecule has 0 spiro atoms. The van der Waals surface area contributed by atoms with Crippen molar-refractivity contribution in [3.63, 3.8) is 0 Å². The number of ether oxygens (including phenoxy) is 1. The maximum absolute atomic E-state index is 11.9. The highest BCUT2D eigenvalue weighted by molar-refractivity contribution is 7.88. The molecule has 7 heteroatoms. The van der Waals surface area contributed by atoms with E-state index in [1.165, 1.54) is 0 Å². The monoisotopic (exact) mass is 286 g/mol. The maximum Gasteiger partial charge on any atom is 0.215 e. The molecule has 0 amide bonds. The Morgan fingerprint density at radius 2 is 2.26 bits per heavy atom. The van der Waals surface area contributed by atoms with Crippen molar-refractivity contribution in [1.82, 2.24) is 4.72 Å². The topological polar surface area (TPSA) is 87.7 Å². The zero-order chi connectivity index (χ0) is 13.7. The van der Waals surface area contributed by atoms with Gasteiger partial charge in [-0.25, -0.2) is 13.1 Å². The summed E-state index contributed by atoms with van der Waals surface area (Å²) in [7, 11) is -3.39. The molecule has 0 bridgehead atoms. The van der Waals surface area contributed by atoms with E-state index in [1.807, 2.05) is 5.48 Å². The van der Waals surface area contributed by atoms with Crippen molar-refractivity contribution in [1.29, 1.82) is 0 Å². The lowest BCUT2D eigenvalue weighted by atomic mass is 10.2. The van der Waals surface area contributed by atoms with E-state index in [2.05, 4.69) is 4.72 Å². The molecule has 0 aromatic heterocycles. The first-order valence-corrected chi connectivity index (χ1v) is 7.82. The molecule has 19 heavy (non-hydrogen) atoms. The average molecular weight is 286 g/mol. The van der Waals surface area contributed by atoms with E-state index in [9.17, 15) is 8.42 Å². The van der Waals surface area contributed by atoms with Crippen LogP contribution in [0.4, 0.5) is 5.69 Å². The van der Waals surface area contributed by atoms with Crippen LogP contribution in [0.25, 0.3) is 0 Å². The summed E-state index contributed by atoms with van der Waals surface area (Å²) in [5.74, 6) is -0.116. The number of sulfonamides is 1. The fourth-order valence-corrected chi connectivity index (χ4v) is 3.19. The van der Waals surface area contributed by atoms with Crippen LogP contribution < -0.4 is 10.2 Å². The summed E-state index contributed by atoms with van der Waals surface area (Å²) in [5, 5.41) is 8.78. The van der Waals surface area contributed by atoms with Crippen LogP contribution in [0.15, 0.2) is 24.3 Å². The molecule has 3 N–H and O–H groups in total. The fourth-order valence-electron chi connectivity index (χ4n) is 2.03. The molecule has 2 rings (SSSR count). The van der Waals surface area contributed by atoms with Gasteiger partial charge in [0.2, 0.25) is 10.0 Å². The van der Waals surface area contributed by atoms with Gasteiger partial charge in [-0.2, -0.15) is 0 Å². The Labute approximate surface area is 112 Å². The summed E-state index contributed by atoms with van der Waals surface area (Å²) in [4.78, 5) is 0. The van der Waals surface area contributed by atoms with Gasteiger partial charge < -0.3 is 4.74 Å². The second-order valence-corrected chi connectivity index (χ2v) is 6.36. The molecule has 1 aliphatic heterocycles. The molecule has 1 unspecified atom stereocenters. The molecular weight excluding hydrogens is 268 g/mol. The van der Waals surface area contributed by atoms with E-state index in [4.69, 9.17) is 9.94 Å². The number of anilines is 1. The number of hydrogen-bond acceptors (Lipinski definition) is 5. The van der Waals surface area contributed by atoms with Crippen LogP contribution in [0.5, 0.6) is 0 Å². The lowest BCUT2D eigenvalue weighted by molar-refractivity contribution is 0.114. The van der Waals surface area contributed by atoms with Crippen molar-refractivity contribution in [2.75, 3.05) is 18.6 Å². The van der Waals surface area contributed by atoms with Gasteiger partial charge in [0.15, 0.2) is 0 Å². The molecule has 1 aliphatic rings. The van der Waals surface area contributed by atoms with E-state index in [1.54, 1.807) is 24.3 Å². The van der Waals surface area contributed by atoms with Gasteiger partial charge in [0.25, 0.3) is 0 Å². The van der Waals surface area contributed by atoms with E-state index in [-0.39, 0.29) is 11.9 Å². The Hall–Kier alpha value is -1.15. The number of benzene rings is 1. The van der Waals surface area contributed by atoms with E-state index >= 15 is 0 Å². The SMILES string of the molecule is O=S(=O)(Cc1cccc(NO)c1)NCC1CCCO1. The molecule has 1 atom stereocenters. The second kappa shape index (κ2) is 6.33. The Bertz CT molecular complexity index is 512. The van der Waals surface area contributed by atoms with E-state index in [0.29, 0.717) is 24.4 Å². The van der Waals surface area contributed by atoms with Crippen molar-refractivity contribution < 1.29 is 18.4 Å². The van der Waals surface area contributed by atoms with Crippen molar-refractivity contribution in [3.8, 4) is 0 Å². The molecule has 6 nitrogen and oxygen atoms in total. The lowest BCUT2D eigenvalue weighted by Gasteiger charge is -2.11. The van der Waals surface area contributed by atoms with Crippen LogP contribution in [0, 0.1) is 0 Å². The molecule has 1 heterocycles. The van der Waals surface area contributed by atoms with E-state index < -0.39 is 10.0 Å². The Balaban J connectivity index is 1.91. The van der Waals surface area contributed by atoms with Crippen molar-refractivity contribution in [3.05, 3.63) is 29.8 Å². The predicted octanol–water partition coefficient (Wildman–Crippen LogP) is 1.09. The van der Waals surface area contributed by atoms with Gasteiger partial charge >= 0.3 is 0 Å². The maximum atomic E-state index is 11.9. The largest absolute Gasteiger partial charge is 0.377 e. The predicted molar refractivity (Wildman–Crippen MR) is 71.5 cm³/mol. The summed E-state index contributed by atoms with van der Waals surface area (Å²) >= 11 is 0. The summed E-state index contributed by atoms with van der Waals surface area (Å²) in [5.41, 5.74) is 3.07. The third-order valence-electron chi connectivity index (χ3n) is 2.97. The van der Waals surface area contributed by atoms with Crippen molar-refractivity contribution in [2.45, 2.75) is 24.7 Å². The molecule has 0 aliphatic carbocycles. The third-order valence-corrected chi connectivity index (χ3v) is 4.29. The first kappa shape index (κ1) is 14.3. The van der Waals surface area contributed by atoms with E-state index in [0.717, 1.165) is 12.8 Å². The lowest BCUT2D eigenvalue weighted by Crippen LogP contribution is -2.32. The summed E-state index contributed by atoms with van der Waals surface area (Å²) in [6.45, 7) is 1.02. The zero-order valence-corrected chi connectivity index (χ0v) is 11.3. The highest BCUT2D eigenvalue weighted by atomic mass is 32.2. The summed E-state index contributed by atoms with van der Waals surface area (Å²) < 4.78 is 31.7. The molecule has 106 valence electrons. The minimum Gasteiger partial charge on any atom is -0.377 e. The normalized spacial score (nSPS) is 19.5. The van der Waals surface area contributed by atoms with Gasteiger partial charge in [-0.3, -0.25) is 10.7 Å². The summed E-state index contributed by atoms with van der Waals surface area (Å²) in [6, 6.07) is 6.62. The highest BCUT2D eigenvalue weighted by Crippen LogP contribution is 2.14. The third kappa shape index (κ3) is 4.46. The van der Waals surface area contributed by atoms with Gasteiger partial charge in [0.1, 0.15) is 0 Å². The minimum absolute atomic E-state index is 0.0137. The molecule has 1 aromatic rings. The quantitative estimate of drug-likeness (QED) is 0.681. The van der Waals surface area contributed by atoms with Gasteiger partial charge in [-0.05, 0) is 30.5 Å². The standard InChI is InChI=1S/C12H18N2O4S/c15-14-11-4-1-3-10(7-11)9-19(16,17)13-8-12-5-2-6-18-12/h1,3-4,7,12-15H,2,5-6,8-9H2. The molecule has 1 fully saturated rings. The fraction of sp³-hybridized carbons (Fsp3) is 0.500.